The number of benzene rings is 1. The number of aromatic amines is 1. The molecule has 1 aromatic carbocycles. The van der Waals surface area contributed by atoms with Crippen molar-refractivity contribution >= 4 is 16.9 Å². The smallest absolute Gasteiger partial charge is 0.326 e. The third-order valence-corrected chi connectivity index (χ3v) is 5.82. The molecule has 2 aliphatic rings. The van der Waals surface area contributed by atoms with E-state index in [-0.39, 0.29) is 35.8 Å². The minimum Gasteiger partial charge on any atom is -0.393 e. The van der Waals surface area contributed by atoms with Crippen molar-refractivity contribution in [2.45, 2.75) is 69.2 Å². The van der Waals surface area contributed by atoms with Crippen LogP contribution < -0.4 is 16.7 Å². The summed E-state index contributed by atoms with van der Waals surface area (Å²) in [4.78, 5) is 27.8. The first-order valence-corrected chi connectivity index (χ1v) is 9.50. The normalized spacial score (nSPS) is 29.2. The lowest BCUT2D eigenvalue weighted by Gasteiger charge is -2.26. The Kier molecular flexibility index (Phi) is 4.58. The molecule has 7 heteroatoms. The lowest BCUT2D eigenvalue weighted by Crippen LogP contribution is -2.34. The van der Waals surface area contributed by atoms with Crippen LogP contribution in [0.4, 0.5) is 0 Å². The predicted octanol–water partition coefficient (Wildman–Crippen LogP) is 1.42. The van der Waals surface area contributed by atoms with Crippen molar-refractivity contribution in [3.05, 3.63) is 34.2 Å². The van der Waals surface area contributed by atoms with Crippen LogP contribution in [0.25, 0.3) is 11.0 Å². The van der Waals surface area contributed by atoms with Gasteiger partial charge in [0.2, 0.25) is 0 Å². The van der Waals surface area contributed by atoms with Crippen LogP contribution in [0.3, 0.4) is 0 Å². The minimum atomic E-state index is -0.258. The number of imidazole rings is 1. The number of amides is 1. The summed E-state index contributed by atoms with van der Waals surface area (Å²) in [5, 5.41) is 12.7. The average molecular weight is 358 g/mol. The fourth-order valence-electron chi connectivity index (χ4n) is 4.37. The van der Waals surface area contributed by atoms with Gasteiger partial charge in [0, 0.05) is 23.7 Å². The molecule has 0 saturated heterocycles. The van der Waals surface area contributed by atoms with Crippen LogP contribution in [0, 0.1) is 0 Å². The monoisotopic (exact) mass is 358 g/mol. The number of rotatable bonds is 3. The van der Waals surface area contributed by atoms with E-state index in [9.17, 15) is 14.7 Å². The van der Waals surface area contributed by atoms with Crippen molar-refractivity contribution in [2.24, 2.45) is 5.73 Å². The second-order valence-electron chi connectivity index (χ2n) is 7.74. The van der Waals surface area contributed by atoms with Crippen LogP contribution in [0.5, 0.6) is 0 Å². The molecule has 140 valence electrons. The number of nitrogens with two attached hydrogens (primary N) is 1. The highest BCUT2D eigenvalue weighted by Crippen LogP contribution is 2.30. The first-order chi connectivity index (χ1) is 12.5. The van der Waals surface area contributed by atoms with E-state index in [0.717, 1.165) is 37.6 Å². The lowest BCUT2D eigenvalue weighted by atomic mass is 9.93. The van der Waals surface area contributed by atoms with Gasteiger partial charge in [-0.1, -0.05) is 0 Å². The number of hydrogen-bond donors (Lipinski definition) is 4. The molecular weight excluding hydrogens is 332 g/mol. The number of carbonyl (C=O) groups excluding carboxylic acids is 1. The maximum atomic E-state index is 12.5. The van der Waals surface area contributed by atoms with Crippen molar-refractivity contribution in [3.8, 4) is 0 Å². The molecule has 0 radical (unpaired) electrons. The molecule has 2 saturated carbocycles. The second-order valence-corrected chi connectivity index (χ2v) is 7.74. The van der Waals surface area contributed by atoms with Crippen molar-refractivity contribution in [1.82, 2.24) is 14.9 Å². The Labute approximate surface area is 151 Å². The van der Waals surface area contributed by atoms with Gasteiger partial charge in [-0.15, -0.1) is 0 Å². The molecule has 0 bridgehead atoms. The summed E-state index contributed by atoms with van der Waals surface area (Å²) in [6, 6.07) is 5.75. The summed E-state index contributed by atoms with van der Waals surface area (Å²) in [6.07, 6.45) is 5.42. The van der Waals surface area contributed by atoms with Crippen LogP contribution in [-0.4, -0.2) is 38.8 Å². The quantitative estimate of drug-likeness (QED) is 0.664. The predicted molar refractivity (Wildman–Crippen MR) is 99.2 cm³/mol. The molecule has 4 rings (SSSR count). The van der Waals surface area contributed by atoms with Crippen LogP contribution in [0.15, 0.2) is 23.0 Å². The SMILES string of the molecule is N[C@H]1CC[C@H](NC(=O)c2ccc3c(c2)[nH]c(=O)n3C2CCC(O)CC2)C1. The van der Waals surface area contributed by atoms with Crippen LogP contribution in [0.2, 0.25) is 0 Å². The Hall–Kier alpha value is -2.12. The van der Waals surface area contributed by atoms with Gasteiger partial charge in [0.05, 0.1) is 17.1 Å². The topological polar surface area (TPSA) is 113 Å². The highest BCUT2D eigenvalue weighted by molar-refractivity contribution is 5.97. The zero-order chi connectivity index (χ0) is 18.3. The standard InChI is InChI=1S/C19H26N4O3/c20-12-2-3-13(10-12)21-18(25)11-1-8-17-16(9-11)22-19(26)23(17)14-4-6-15(24)7-5-14/h1,8-9,12-15,24H,2-7,10,20H2,(H,21,25)(H,22,26)/t12-,13-,14?,15?/m0/s1. The number of aliphatic hydroxyl groups excluding tert-OH is 1. The summed E-state index contributed by atoms with van der Waals surface area (Å²) in [7, 11) is 0. The zero-order valence-electron chi connectivity index (χ0n) is 14.8. The second kappa shape index (κ2) is 6.89. The third kappa shape index (κ3) is 3.29. The van der Waals surface area contributed by atoms with Crippen molar-refractivity contribution in [2.75, 3.05) is 0 Å². The van der Waals surface area contributed by atoms with Crippen molar-refractivity contribution < 1.29 is 9.90 Å². The number of fused-ring (bicyclic) bond motifs is 1. The molecule has 1 aromatic heterocycles. The van der Waals surface area contributed by atoms with E-state index in [1.165, 1.54) is 0 Å². The fraction of sp³-hybridized carbons (Fsp3) is 0.579. The summed E-state index contributed by atoms with van der Waals surface area (Å²) in [6.45, 7) is 0. The molecule has 2 aromatic rings. The number of hydrogen-bond acceptors (Lipinski definition) is 4. The van der Waals surface area contributed by atoms with Gasteiger partial charge >= 0.3 is 5.69 Å². The number of aromatic nitrogens is 2. The Morgan fingerprint density at radius 3 is 2.65 bits per heavy atom. The maximum Gasteiger partial charge on any atom is 0.326 e. The maximum absolute atomic E-state index is 12.5. The molecule has 2 atom stereocenters. The first kappa shape index (κ1) is 17.3. The van der Waals surface area contributed by atoms with Gasteiger partial charge in [-0.2, -0.15) is 0 Å². The number of aliphatic hydroxyl groups is 1. The van der Waals surface area contributed by atoms with Crippen molar-refractivity contribution in [1.29, 1.82) is 0 Å². The van der Waals surface area contributed by atoms with Gasteiger partial charge in [-0.05, 0) is 63.1 Å². The van der Waals surface area contributed by atoms with E-state index in [1.54, 1.807) is 16.7 Å². The molecule has 0 aliphatic heterocycles. The van der Waals surface area contributed by atoms with Gasteiger partial charge in [-0.25, -0.2) is 4.79 Å². The summed E-state index contributed by atoms with van der Waals surface area (Å²) < 4.78 is 1.78. The summed E-state index contributed by atoms with van der Waals surface area (Å²) >= 11 is 0. The molecule has 26 heavy (non-hydrogen) atoms. The summed E-state index contributed by atoms with van der Waals surface area (Å²) in [5.74, 6) is -0.125. The number of carbonyl (C=O) groups is 1. The third-order valence-electron chi connectivity index (χ3n) is 5.82. The molecule has 0 unspecified atom stereocenters. The largest absolute Gasteiger partial charge is 0.393 e. The molecule has 7 nitrogen and oxygen atoms in total. The number of nitrogens with zero attached hydrogens (tertiary/aromatic N) is 1. The van der Waals surface area contributed by atoms with E-state index in [4.69, 9.17) is 5.73 Å². The molecule has 1 heterocycles. The summed E-state index contributed by atoms with van der Waals surface area (Å²) in [5.41, 5.74) is 7.79. The Balaban J connectivity index is 1.56. The van der Waals surface area contributed by atoms with Gasteiger partial charge in [-0.3, -0.25) is 9.36 Å². The van der Waals surface area contributed by atoms with E-state index >= 15 is 0 Å². The fourth-order valence-corrected chi connectivity index (χ4v) is 4.37. The Morgan fingerprint density at radius 1 is 1.19 bits per heavy atom. The van der Waals surface area contributed by atoms with E-state index in [2.05, 4.69) is 10.3 Å². The first-order valence-electron chi connectivity index (χ1n) is 9.50. The molecule has 2 aliphatic carbocycles. The van der Waals surface area contributed by atoms with Crippen LogP contribution in [-0.2, 0) is 0 Å². The van der Waals surface area contributed by atoms with Gasteiger partial charge in [0.25, 0.3) is 5.91 Å². The molecular formula is C19H26N4O3. The van der Waals surface area contributed by atoms with Crippen molar-refractivity contribution in [3.63, 3.8) is 0 Å². The van der Waals surface area contributed by atoms with Crippen LogP contribution in [0.1, 0.15) is 61.3 Å². The number of nitrogens with one attached hydrogen (secondary N) is 2. The van der Waals surface area contributed by atoms with Gasteiger partial charge < -0.3 is 21.1 Å². The molecule has 5 N–H and O–H groups in total. The molecule has 2 fully saturated rings. The van der Waals surface area contributed by atoms with Gasteiger partial charge in [0.15, 0.2) is 0 Å². The van der Waals surface area contributed by atoms with Crippen LogP contribution >= 0.6 is 0 Å². The van der Waals surface area contributed by atoms with E-state index < -0.39 is 0 Å². The Bertz CT molecular complexity index is 863. The van der Waals surface area contributed by atoms with E-state index in [0.29, 0.717) is 23.9 Å². The Morgan fingerprint density at radius 2 is 1.96 bits per heavy atom. The zero-order valence-corrected chi connectivity index (χ0v) is 14.8. The average Bonchev–Trinajstić information content (AvgIpc) is 3.17. The molecule has 1 amide bonds. The lowest BCUT2D eigenvalue weighted by molar-refractivity contribution is 0.0937. The molecule has 0 spiro atoms. The number of H-pyrrole nitrogens is 1. The minimum absolute atomic E-state index is 0.0966. The highest BCUT2D eigenvalue weighted by atomic mass is 16.3. The van der Waals surface area contributed by atoms with E-state index in [1.807, 2.05) is 6.07 Å². The highest BCUT2D eigenvalue weighted by Gasteiger charge is 2.25. The van der Waals surface area contributed by atoms with Gasteiger partial charge in [0.1, 0.15) is 0 Å².